The van der Waals surface area contributed by atoms with Crippen molar-refractivity contribution >= 4 is 0 Å². The maximum absolute atomic E-state index is 13.1. The van der Waals surface area contributed by atoms with Crippen molar-refractivity contribution in [3.8, 4) is 0 Å². The number of hydrogen-bond donors (Lipinski definition) is 1. The van der Waals surface area contributed by atoms with Crippen LogP contribution in [0.5, 0.6) is 0 Å². The maximum atomic E-state index is 13.1. The highest BCUT2D eigenvalue weighted by molar-refractivity contribution is 5.23. The van der Waals surface area contributed by atoms with Crippen molar-refractivity contribution in [3.05, 3.63) is 35.6 Å². The highest BCUT2D eigenvalue weighted by Crippen LogP contribution is 2.37. The summed E-state index contributed by atoms with van der Waals surface area (Å²) in [5.74, 6) is 1.38. The van der Waals surface area contributed by atoms with Crippen molar-refractivity contribution in [2.45, 2.75) is 50.5 Å². The average molecular weight is 247 g/mol. The van der Waals surface area contributed by atoms with Gasteiger partial charge in [0.1, 0.15) is 5.82 Å². The van der Waals surface area contributed by atoms with Crippen molar-refractivity contribution in [3.63, 3.8) is 0 Å². The fourth-order valence-electron chi connectivity index (χ4n) is 3.37. The minimum absolute atomic E-state index is 0.102. The Labute approximate surface area is 109 Å². The Morgan fingerprint density at radius 3 is 2.67 bits per heavy atom. The lowest BCUT2D eigenvalue weighted by molar-refractivity contribution is 0.276. The summed E-state index contributed by atoms with van der Waals surface area (Å²) in [6.07, 6.45) is 8.01. The van der Waals surface area contributed by atoms with Gasteiger partial charge in [0.25, 0.3) is 0 Å². The Balaban J connectivity index is 1.42. The molecule has 0 radical (unpaired) electrons. The molecule has 0 heterocycles. The predicted molar refractivity (Wildman–Crippen MR) is 72.1 cm³/mol. The van der Waals surface area contributed by atoms with E-state index >= 15 is 0 Å². The maximum Gasteiger partial charge on any atom is 0.123 e. The third-order valence-corrected chi connectivity index (χ3v) is 4.63. The van der Waals surface area contributed by atoms with Crippen LogP contribution in [0.2, 0.25) is 0 Å². The molecule has 0 bridgehead atoms. The summed E-state index contributed by atoms with van der Waals surface area (Å²) in [5, 5.41) is 3.68. The first-order valence-electron chi connectivity index (χ1n) is 7.30. The first-order chi connectivity index (χ1) is 8.81. The Bertz CT molecular complexity index is 392. The molecule has 0 amide bonds. The fourth-order valence-corrected chi connectivity index (χ4v) is 3.37. The zero-order valence-corrected chi connectivity index (χ0v) is 10.9. The summed E-state index contributed by atoms with van der Waals surface area (Å²) in [7, 11) is 0. The molecule has 0 aliphatic heterocycles. The van der Waals surface area contributed by atoms with Crippen LogP contribution in [0, 0.1) is 11.7 Å². The molecular formula is C16H22FN. The molecule has 3 rings (SSSR count). The van der Waals surface area contributed by atoms with E-state index in [4.69, 9.17) is 0 Å². The van der Waals surface area contributed by atoms with Crippen LogP contribution in [0.25, 0.3) is 0 Å². The van der Waals surface area contributed by atoms with Crippen LogP contribution in [-0.2, 0) is 0 Å². The molecule has 0 saturated heterocycles. The molecule has 0 atom stereocenters. The molecule has 18 heavy (non-hydrogen) atoms. The van der Waals surface area contributed by atoms with Gasteiger partial charge in [0.15, 0.2) is 0 Å². The van der Waals surface area contributed by atoms with Gasteiger partial charge < -0.3 is 5.32 Å². The molecule has 0 unspecified atom stereocenters. The number of nitrogens with one attached hydrogen (secondary N) is 1. The van der Waals surface area contributed by atoms with E-state index in [2.05, 4.69) is 11.4 Å². The zero-order chi connectivity index (χ0) is 12.4. The standard InChI is InChI=1S/C16H22FN/c17-15-7-3-6-13(8-15)14-9-16(10-14)18-11-12-4-1-2-5-12/h3,6-8,12,14,16,18H,1-2,4-5,9-11H2. The summed E-state index contributed by atoms with van der Waals surface area (Å²) in [5.41, 5.74) is 1.17. The first-order valence-corrected chi connectivity index (χ1v) is 7.30. The molecule has 2 heteroatoms. The van der Waals surface area contributed by atoms with Crippen LogP contribution in [0.3, 0.4) is 0 Å². The Kier molecular flexibility index (Phi) is 3.64. The summed E-state index contributed by atoms with van der Waals surface area (Å²) < 4.78 is 13.1. The van der Waals surface area contributed by atoms with Crippen LogP contribution in [0.15, 0.2) is 24.3 Å². The van der Waals surface area contributed by atoms with Crippen molar-refractivity contribution < 1.29 is 4.39 Å². The van der Waals surface area contributed by atoms with Crippen molar-refractivity contribution in [2.75, 3.05) is 6.54 Å². The lowest BCUT2D eigenvalue weighted by atomic mass is 9.75. The van der Waals surface area contributed by atoms with Gasteiger partial charge in [0.05, 0.1) is 0 Å². The van der Waals surface area contributed by atoms with Crippen LogP contribution >= 0.6 is 0 Å². The van der Waals surface area contributed by atoms with E-state index in [1.807, 2.05) is 6.07 Å². The van der Waals surface area contributed by atoms with Gasteiger partial charge in [-0.2, -0.15) is 0 Å². The van der Waals surface area contributed by atoms with Crippen molar-refractivity contribution in [1.29, 1.82) is 0 Å². The average Bonchev–Trinajstić information content (AvgIpc) is 2.80. The highest BCUT2D eigenvalue weighted by atomic mass is 19.1. The molecule has 98 valence electrons. The van der Waals surface area contributed by atoms with E-state index in [-0.39, 0.29) is 5.82 Å². The second-order valence-corrected chi connectivity index (χ2v) is 5.98. The van der Waals surface area contributed by atoms with Crippen LogP contribution in [0.1, 0.15) is 50.0 Å². The summed E-state index contributed by atoms with van der Waals surface area (Å²) in [6, 6.07) is 7.76. The smallest absolute Gasteiger partial charge is 0.123 e. The SMILES string of the molecule is Fc1cccc(C2CC(NCC3CCCC3)C2)c1. The van der Waals surface area contributed by atoms with Gasteiger partial charge in [-0.25, -0.2) is 4.39 Å². The van der Waals surface area contributed by atoms with E-state index in [9.17, 15) is 4.39 Å². The molecule has 0 aromatic heterocycles. The monoisotopic (exact) mass is 247 g/mol. The molecule has 1 nitrogen and oxygen atoms in total. The van der Waals surface area contributed by atoms with Crippen LogP contribution in [0.4, 0.5) is 4.39 Å². The minimum atomic E-state index is -0.102. The Morgan fingerprint density at radius 2 is 1.94 bits per heavy atom. The summed E-state index contributed by atoms with van der Waals surface area (Å²) in [4.78, 5) is 0. The third kappa shape index (κ3) is 2.74. The zero-order valence-electron chi connectivity index (χ0n) is 10.9. The fraction of sp³-hybridized carbons (Fsp3) is 0.625. The van der Waals surface area contributed by atoms with Gasteiger partial charge in [-0.05, 0) is 61.8 Å². The van der Waals surface area contributed by atoms with E-state index < -0.39 is 0 Å². The summed E-state index contributed by atoms with van der Waals surface area (Å²) in [6.45, 7) is 1.19. The number of rotatable bonds is 4. The quantitative estimate of drug-likeness (QED) is 0.852. The lowest BCUT2D eigenvalue weighted by Crippen LogP contribution is -2.41. The predicted octanol–water partition coefficient (Wildman–Crippen LogP) is 3.85. The van der Waals surface area contributed by atoms with Crippen molar-refractivity contribution in [2.24, 2.45) is 5.92 Å². The molecule has 2 saturated carbocycles. The Morgan fingerprint density at radius 1 is 1.17 bits per heavy atom. The lowest BCUT2D eigenvalue weighted by Gasteiger charge is -2.37. The van der Waals surface area contributed by atoms with Gasteiger partial charge in [-0.15, -0.1) is 0 Å². The molecule has 2 aliphatic carbocycles. The topological polar surface area (TPSA) is 12.0 Å². The van der Waals surface area contributed by atoms with E-state index in [0.717, 1.165) is 5.92 Å². The van der Waals surface area contributed by atoms with Gasteiger partial charge in [-0.3, -0.25) is 0 Å². The normalized spacial score (nSPS) is 28.3. The molecular weight excluding hydrogens is 225 g/mol. The number of hydrogen-bond acceptors (Lipinski definition) is 1. The molecule has 2 aliphatic rings. The molecule has 0 spiro atoms. The minimum Gasteiger partial charge on any atom is -0.314 e. The second-order valence-electron chi connectivity index (χ2n) is 5.98. The van der Waals surface area contributed by atoms with Crippen molar-refractivity contribution in [1.82, 2.24) is 5.32 Å². The second kappa shape index (κ2) is 5.40. The Hall–Kier alpha value is -0.890. The largest absolute Gasteiger partial charge is 0.314 e. The molecule has 1 aromatic rings. The first kappa shape index (κ1) is 12.2. The van der Waals surface area contributed by atoms with Gasteiger partial charge >= 0.3 is 0 Å². The number of halogens is 1. The highest BCUT2D eigenvalue weighted by Gasteiger charge is 2.30. The van der Waals surface area contributed by atoms with E-state index in [1.165, 1.54) is 56.7 Å². The summed E-state index contributed by atoms with van der Waals surface area (Å²) >= 11 is 0. The van der Waals surface area contributed by atoms with E-state index in [0.29, 0.717) is 12.0 Å². The third-order valence-electron chi connectivity index (χ3n) is 4.63. The van der Waals surface area contributed by atoms with Gasteiger partial charge in [-0.1, -0.05) is 25.0 Å². The van der Waals surface area contributed by atoms with Crippen LogP contribution in [-0.4, -0.2) is 12.6 Å². The molecule has 1 aromatic carbocycles. The van der Waals surface area contributed by atoms with Gasteiger partial charge in [0.2, 0.25) is 0 Å². The van der Waals surface area contributed by atoms with E-state index in [1.54, 1.807) is 6.07 Å². The van der Waals surface area contributed by atoms with Crippen LogP contribution < -0.4 is 5.32 Å². The molecule has 2 fully saturated rings. The molecule has 1 N–H and O–H groups in total. The number of benzene rings is 1. The van der Waals surface area contributed by atoms with Gasteiger partial charge in [0, 0.05) is 6.04 Å².